The molecule has 1 aliphatic rings. The van der Waals surface area contributed by atoms with E-state index < -0.39 is 0 Å². The average molecular weight is 301 g/mol. The molecule has 0 spiro atoms. The van der Waals surface area contributed by atoms with Crippen LogP contribution in [-0.4, -0.2) is 15.2 Å². The van der Waals surface area contributed by atoms with E-state index >= 15 is 0 Å². The molecule has 2 aromatic rings. The van der Waals surface area contributed by atoms with Crippen LogP contribution in [0.25, 0.3) is 0 Å². The van der Waals surface area contributed by atoms with Crippen LogP contribution in [0.5, 0.6) is 0 Å². The number of aromatic nitrogens is 3. The summed E-state index contributed by atoms with van der Waals surface area (Å²) in [6, 6.07) is 10.5. The molecule has 0 saturated heterocycles. The Balaban J connectivity index is 1.52. The van der Waals surface area contributed by atoms with Gasteiger partial charge in [-0.05, 0) is 24.8 Å². The van der Waals surface area contributed by atoms with E-state index in [1.165, 1.54) is 37.7 Å². The van der Waals surface area contributed by atoms with Crippen molar-refractivity contribution in [1.82, 2.24) is 15.2 Å². The Morgan fingerprint density at radius 2 is 2.00 bits per heavy atom. The first kappa shape index (κ1) is 14.6. The summed E-state index contributed by atoms with van der Waals surface area (Å²) in [6.45, 7) is 2.20. The molecule has 0 radical (unpaired) electrons. The van der Waals surface area contributed by atoms with E-state index in [1.54, 1.807) is 11.8 Å². The minimum Gasteiger partial charge on any atom is -0.262 e. The zero-order valence-electron chi connectivity index (χ0n) is 12.6. The molecule has 4 heteroatoms. The number of aryl methyl sites for hydroxylation is 1. The Morgan fingerprint density at radius 3 is 2.76 bits per heavy atom. The summed E-state index contributed by atoms with van der Waals surface area (Å²) in [4.78, 5) is 4.63. The summed E-state index contributed by atoms with van der Waals surface area (Å²) >= 11 is 1.72. The van der Waals surface area contributed by atoms with E-state index in [0.29, 0.717) is 5.25 Å². The molecule has 112 valence electrons. The van der Waals surface area contributed by atoms with Gasteiger partial charge in [0.2, 0.25) is 5.16 Å². The predicted molar refractivity (Wildman–Crippen MR) is 87.4 cm³/mol. The Morgan fingerprint density at radius 1 is 1.24 bits per heavy atom. The Labute approximate surface area is 131 Å². The van der Waals surface area contributed by atoms with Gasteiger partial charge in [0.1, 0.15) is 5.82 Å². The molecule has 1 fully saturated rings. The van der Waals surface area contributed by atoms with Gasteiger partial charge < -0.3 is 0 Å². The highest BCUT2D eigenvalue weighted by Crippen LogP contribution is 2.33. The number of benzene rings is 1. The maximum Gasteiger partial charge on any atom is 0.209 e. The summed E-state index contributed by atoms with van der Waals surface area (Å²) in [5, 5.41) is 8.71. The normalized spacial score (nSPS) is 17.2. The molecule has 1 aliphatic carbocycles. The number of hydrogen-bond acceptors (Lipinski definition) is 3. The highest BCUT2D eigenvalue weighted by molar-refractivity contribution is 7.99. The monoisotopic (exact) mass is 301 g/mol. The second-order valence-electron chi connectivity index (χ2n) is 5.92. The molecule has 3 nitrogen and oxygen atoms in total. The number of nitrogens with one attached hydrogen (secondary N) is 1. The molecule has 0 bridgehead atoms. The van der Waals surface area contributed by atoms with Crippen LogP contribution >= 0.6 is 11.8 Å². The van der Waals surface area contributed by atoms with Crippen LogP contribution in [0.2, 0.25) is 0 Å². The first-order valence-corrected chi connectivity index (χ1v) is 8.82. The molecule has 1 aromatic heterocycles. The van der Waals surface area contributed by atoms with Gasteiger partial charge in [-0.15, -0.1) is 5.10 Å². The van der Waals surface area contributed by atoms with Gasteiger partial charge in [0, 0.05) is 11.7 Å². The van der Waals surface area contributed by atoms with Crippen molar-refractivity contribution in [3.8, 4) is 0 Å². The summed E-state index contributed by atoms with van der Waals surface area (Å²) in [5.41, 5.74) is 1.32. The van der Waals surface area contributed by atoms with Crippen LogP contribution in [0.4, 0.5) is 0 Å². The Bertz CT molecular complexity index is 546. The summed E-state index contributed by atoms with van der Waals surface area (Å²) in [7, 11) is 0. The number of nitrogens with zero attached hydrogens (tertiary/aromatic N) is 2. The molecular formula is C17H23N3S. The van der Waals surface area contributed by atoms with Crippen LogP contribution in [0.15, 0.2) is 35.5 Å². The number of H-pyrrole nitrogens is 1. The van der Waals surface area contributed by atoms with Crippen LogP contribution in [0.1, 0.15) is 55.7 Å². The molecule has 1 unspecified atom stereocenters. The molecule has 21 heavy (non-hydrogen) atoms. The summed E-state index contributed by atoms with van der Waals surface area (Å²) < 4.78 is 0. The van der Waals surface area contributed by atoms with Gasteiger partial charge in [0.25, 0.3) is 0 Å². The largest absolute Gasteiger partial charge is 0.262 e. The standard InChI is InChI=1S/C17H23N3S/c1-13(15-9-3-2-4-10-15)21-17-18-16(19-20-17)12-11-14-7-5-6-8-14/h2-4,9-10,13-14H,5-8,11-12H2,1H3,(H,18,19,20). The number of aromatic amines is 1. The second-order valence-corrected chi connectivity index (χ2v) is 7.23. The van der Waals surface area contributed by atoms with Crippen molar-refractivity contribution < 1.29 is 0 Å². The van der Waals surface area contributed by atoms with Crippen molar-refractivity contribution in [2.75, 3.05) is 0 Å². The lowest BCUT2D eigenvalue weighted by Crippen LogP contribution is -1.97. The van der Waals surface area contributed by atoms with Gasteiger partial charge in [-0.3, -0.25) is 5.10 Å². The summed E-state index contributed by atoms with van der Waals surface area (Å²) in [6.07, 6.45) is 7.93. The van der Waals surface area contributed by atoms with Crippen LogP contribution < -0.4 is 0 Å². The van der Waals surface area contributed by atoms with E-state index in [9.17, 15) is 0 Å². The highest BCUT2D eigenvalue weighted by atomic mass is 32.2. The van der Waals surface area contributed by atoms with E-state index in [-0.39, 0.29) is 0 Å². The third kappa shape index (κ3) is 4.10. The van der Waals surface area contributed by atoms with Crippen molar-refractivity contribution in [3.05, 3.63) is 41.7 Å². The van der Waals surface area contributed by atoms with Crippen LogP contribution in [0.3, 0.4) is 0 Å². The van der Waals surface area contributed by atoms with Gasteiger partial charge in [-0.1, -0.05) is 67.8 Å². The van der Waals surface area contributed by atoms with E-state index in [0.717, 1.165) is 23.3 Å². The van der Waals surface area contributed by atoms with Gasteiger partial charge in [-0.25, -0.2) is 4.98 Å². The third-order valence-corrected chi connectivity index (χ3v) is 5.35. The van der Waals surface area contributed by atoms with Crippen LogP contribution in [-0.2, 0) is 6.42 Å². The van der Waals surface area contributed by atoms with Crippen molar-refractivity contribution in [2.45, 2.75) is 55.9 Å². The van der Waals surface area contributed by atoms with Gasteiger partial charge in [0.15, 0.2) is 0 Å². The van der Waals surface area contributed by atoms with Gasteiger partial charge >= 0.3 is 0 Å². The quantitative estimate of drug-likeness (QED) is 0.781. The average Bonchev–Trinajstić information content (AvgIpc) is 3.17. The zero-order chi connectivity index (χ0) is 14.5. The second kappa shape index (κ2) is 7.12. The van der Waals surface area contributed by atoms with E-state index in [1.807, 2.05) is 0 Å². The minimum absolute atomic E-state index is 0.379. The Hall–Kier alpha value is -1.29. The first-order chi connectivity index (χ1) is 10.3. The fourth-order valence-corrected chi connectivity index (χ4v) is 3.90. The SMILES string of the molecule is CC(Sc1n[nH]c(CCC2CCCC2)n1)c1ccccc1. The van der Waals surface area contributed by atoms with E-state index in [2.05, 4.69) is 52.4 Å². The molecule has 0 amide bonds. The lowest BCUT2D eigenvalue weighted by atomic mass is 10.0. The van der Waals surface area contributed by atoms with Crippen molar-refractivity contribution >= 4 is 11.8 Å². The van der Waals surface area contributed by atoms with Gasteiger partial charge in [0.05, 0.1) is 0 Å². The first-order valence-electron chi connectivity index (χ1n) is 7.94. The Kier molecular flexibility index (Phi) is 4.96. The zero-order valence-corrected chi connectivity index (χ0v) is 13.4. The predicted octanol–water partition coefficient (Wildman–Crippen LogP) is 4.78. The van der Waals surface area contributed by atoms with Crippen molar-refractivity contribution in [2.24, 2.45) is 5.92 Å². The molecule has 1 heterocycles. The van der Waals surface area contributed by atoms with Crippen molar-refractivity contribution in [1.29, 1.82) is 0 Å². The maximum absolute atomic E-state index is 4.63. The topological polar surface area (TPSA) is 41.6 Å². The van der Waals surface area contributed by atoms with Gasteiger partial charge in [-0.2, -0.15) is 0 Å². The van der Waals surface area contributed by atoms with E-state index in [4.69, 9.17) is 0 Å². The summed E-state index contributed by atoms with van der Waals surface area (Å²) in [5.74, 6) is 1.96. The highest BCUT2D eigenvalue weighted by Gasteiger charge is 2.16. The van der Waals surface area contributed by atoms with Crippen LogP contribution in [0, 0.1) is 5.92 Å². The maximum atomic E-state index is 4.63. The lowest BCUT2D eigenvalue weighted by molar-refractivity contribution is 0.497. The molecule has 1 atom stereocenters. The molecule has 0 aliphatic heterocycles. The molecule has 1 N–H and O–H groups in total. The van der Waals surface area contributed by atoms with Crippen molar-refractivity contribution in [3.63, 3.8) is 0 Å². The number of rotatable bonds is 6. The molecule has 3 rings (SSSR count). The smallest absolute Gasteiger partial charge is 0.209 e. The molecule has 1 aromatic carbocycles. The fraction of sp³-hybridized carbons (Fsp3) is 0.529. The molecule has 1 saturated carbocycles. The number of hydrogen-bond donors (Lipinski definition) is 1. The molecular weight excluding hydrogens is 278 g/mol. The number of thioether (sulfide) groups is 1. The fourth-order valence-electron chi connectivity index (χ4n) is 3.03. The third-order valence-electron chi connectivity index (χ3n) is 4.33. The lowest BCUT2D eigenvalue weighted by Gasteiger charge is -2.08. The minimum atomic E-state index is 0.379.